The van der Waals surface area contributed by atoms with Crippen LogP contribution in [-0.2, 0) is 5.88 Å². The summed E-state index contributed by atoms with van der Waals surface area (Å²) in [6.45, 7) is 0. The number of hydrogen-bond donors (Lipinski definition) is 1. The number of halogens is 4. The van der Waals surface area contributed by atoms with E-state index in [0.29, 0.717) is 6.20 Å². The van der Waals surface area contributed by atoms with Crippen molar-refractivity contribution < 1.29 is 23.1 Å². The first-order chi connectivity index (χ1) is 6.99. The second-order valence-corrected chi connectivity index (χ2v) is 2.86. The van der Waals surface area contributed by atoms with Crippen molar-refractivity contribution in [2.24, 2.45) is 0 Å². The zero-order valence-electron chi connectivity index (χ0n) is 7.18. The summed E-state index contributed by atoms with van der Waals surface area (Å²) in [6, 6.07) is 0. The zero-order valence-corrected chi connectivity index (χ0v) is 7.93. The molecule has 0 radical (unpaired) electrons. The lowest BCUT2D eigenvalue weighted by molar-refractivity contribution is 0.0677. The topological polar surface area (TPSA) is 50.2 Å². The third-order valence-corrected chi connectivity index (χ3v) is 1.95. The molecule has 0 aliphatic heterocycles. The van der Waals surface area contributed by atoms with Gasteiger partial charge in [-0.05, 0) is 0 Å². The van der Waals surface area contributed by atoms with Crippen LogP contribution in [-0.4, -0.2) is 16.1 Å². The molecule has 15 heavy (non-hydrogen) atoms. The average Bonchev–Trinajstić information content (AvgIpc) is 2.16. The predicted molar refractivity (Wildman–Crippen MR) is 45.7 cm³/mol. The smallest absolute Gasteiger partial charge is 0.339 e. The highest BCUT2D eigenvalue weighted by Crippen LogP contribution is 2.25. The summed E-state index contributed by atoms with van der Waals surface area (Å²) in [6.07, 6.45) is -2.47. The Bertz CT molecular complexity index is 398. The molecule has 0 atom stereocenters. The zero-order chi connectivity index (χ0) is 11.6. The number of aromatic carboxylic acids is 1. The fourth-order valence-corrected chi connectivity index (χ4v) is 1.20. The number of rotatable bonds is 3. The second kappa shape index (κ2) is 4.48. The van der Waals surface area contributed by atoms with Crippen molar-refractivity contribution in [3.63, 3.8) is 0 Å². The number of carboxylic acids is 1. The van der Waals surface area contributed by atoms with Crippen molar-refractivity contribution >= 4 is 17.6 Å². The predicted octanol–water partition coefficient (Wildman–Crippen LogP) is 2.60. The van der Waals surface area contributed by atoms with Crippen LogP contribution in [0.5, 0.6) is 0 Å². The normalized spacial score (nSPS) is 10.7. The fourth-order valence-electron chi connectivity index (χ4n) is 1.02. The maximum Gasteiger partial charge on any atom is 0.339 e. The first kappa shape index (κ1) is 11.8. The van der Waals surface area contributed by atoms with Crippen molar-refractivity contribution in [3.05, 3.63) is 28.8 Å². The van der Waals surface area contributed by atoms with E-state index in [1.165, 1.54) is 0 Å². The van der Waals surface area contributed by atoms with E-state index in [0.717, 1.165) is 0 Å². The first-order valence-corrected chi connectivity index (χ1v) is 4.27. The van der Waals surface area contributed by atoms with Gasteiger partial charge in [0.05, 0.1) is 17.1 Å². The maximum atomic E-state index is 13.3. The SMILES string of the molecule is O=C(O)c1c(C(F)F)cnc(CCl)c1F. The van der Waals surface area contributed by atoms with E-state index < -0.39 is 29.3 Å². The molecule has 3 nitrogen and oxygen atoms in total. The van der Waals surface area contributed by atoms with Gasteiger partial charge in [-0.15, -0.1) is 11.6 Å². The highest BCUT2D eigenvalue weighted by molar-refractivity contribution is 6.17. The molecule has 1 heterocycles. The number of aromatic nitrogens is 1. The summed E-state index contributed by atoms with van der Waals surface area (Å²) in [5.74, 6) is -3.46. The number of pyridine rings is 1. The fraction of sp³-hybridized carbons (Fsp3) is 0.250. The van der Waals surface area contributed by atoms with Crippen molar-refractivity contribution in [1.82, 2.24) is 4.98 Å². The Kier molecular flexibility index (Phi) is 3.52. The lowest BCUT2D eigenvalue weighted by atomic mass is 10.1. The van der Waals surface area contributed by atoms with Crippen molar-refractivity contribution in [1.29, 1.82) is 0 Å². The molecule has 0 saturated carbocycles. The van der Waals surface area contributed by atoms with Crippen LogP contribution in [0, 0.1) is 5.82 Å². The van der Waals surface area contributed by atoms with Gasteiger partial charge in [0.1, 0.15) is 5.56 Å². The minimum atomic E-state index is -3.09. The van der Waals surface area contributed by atoms with E-state index in [2.05, 4.69) is 4.98 Å². The van der Waals surface area contributed by atoms with Crippen LogP contribution >= 0.6 is 11.6 Å². The molecular weight excluding hydrogens is 235 g/mol. The Morgan fingerprint density at radius 1 is 1.60 bits per heavy atom. The van der Waals surface area contributed by atoms with Gasteiger partial charge in [-0.2, -0.15) is 0 Å². The molecule has 82 valence electrons. The Labute approximate surface area is 87.5 Å². The molecule has 0 saturated heterocycles. The van der Waals surface area contributed by atoms with Gasteiger partial charge in [0, 0.05) is 6.20 Å². The van der Waals surface area contributed by atoms with Crippen molar-refractivity contribution in [3.8, 4) is 0 Å². The molecule has 0 bridgehead atoms. The van der Waals surface area contributed by atoms with Crippen LogP contribution < -0.4 is 0 Å². The van der Waals surface area contributed by atoms with Crippen molar-refractivity contribution in [2.45, 2.75) is 12.3 Å². The summed E-state index contributed by atoms with van der Waals surface area (Å²) in [5.41, 5.74) is -2.39. The quantitative estimate of drug-likeness (QED) is 0.825. The molecule has 7 heteroatoms. The highest BCUT2D eigenvalue weighted by atomic mass is 35.5. The van der Waals surface area contributed by atoms with E-state index in [-0.39, 0.29) is 11.6 Å². The molecule has 1 N–H and O–H groups in total. The molecule has 0 aliphatic carbocycles. The molecule has 1 aromatic rings. The van der Waals surface area contributed by atoms with Gasteiger partial charge >= 0.3 is 5.97 Å². The van der Waals surface area contributed by atoms with E-state index in [1.54, 1.807) is 0 Å². The summed E-state index contributed by atoms with van der Waals surface area (Å²) >= 11 is 5.26. The Morgan fingerprint density at radius 2 is 2.20 bits per heavy atom. The van der Waals surface area contributed by atoms with E-state index in [4.69, 9.17) is 16.7 Å². The van der Waals surface area contributed by atoms with E-state index in [1.807, 2.05) is 0 Å². The van der Waals surface area contributed by atoms with Crippen LogP contribution in [0.2, 0.25) is 0 Å². The van der Waals surface area contributed by atoms with E-state index in [9.17, 15) is 18.0 Å². The highest BCUT2D eigenvalue weighted by Gasteiger charge is 2.24. The average molecular weight is 240 g/mol. The summed E-state index contributed by atoms with van der Waals surface area (Å²) in [5, 5.41) is 8.57. The molecule has 0 unspecified atom stereocenters. The first-order valence-electron chi connectivity index (χ1n) is 3.73. The molecule has 0 aromatic carbocycles. The van der Waals surface area contributed by atoms with Gasteiger partial charge < -0.3 is 5.11 Å². The van der Waals surface area contributed by atoms with Gasteiger partial charge in [-0.25, -0.2) is 18.0 Å². The third kappa shape index (κ3) is 2.20. The number of carboxylic acid groups (broad SMARTS) is 1. The van der Waals surface area contributed by atoms with Crippen LogP contribution in [0.4, 0.5) is 13.2 Å². The van der Waals surface area contributed by atoms with Gasteiger partial charge in [0.2, 0.25) is 0 Å². The number of nitrogens with zero attached hydrogens (tertiary/aromatic N) is 1. The Balaban J connectivity index is 3.44. The molecule has 0 fully saturated rings. The lowest BCUT2D eigenvalue weighted by Gasteiger charge is -2.07. The van der Waals surface area contributed by atoms with Crippen LogP contribution in [0.3, 0.4) is 0 Å². The summed E-state index contributed by atoms with van der Waals surface area (Å²) < 4.78 is 37.9. The van der Waals surface area contributed by atoms with Gasteiger partial charge in [0.25, 0.3) is 6.43 Å². The van der Waals surface area contributed by atoms with Crippen LogP contribution in [0.1, 0.15) is 28.0 Å². The number of alkyl halides is 3. The Hall–Kier alpha value is -1.30. The maximum absolute atomic E-state index is 13.3. The summed E-state index contributed by atoms with van der Waals surface area (Å²) in [7, 11) is 0. The molecule has 0 amide bonds. The molecule has 1 aromatic heterocycles. The molecule has 1 rings (SSSR count). The van der Waals surface area contributed by atoms with E-state index >= 15 is 0 Å². The molecular formula is C8H5ClF3NO2. The van der Waals surface area contributed by atoms with Gasteiger partial charge in [0.15, 0.2) is 5.82 Å². The van der Waals surface area contributed by atoms with Crippen LogP contribution in [0.15, 0.2) is 6.20 Å². The molecule has 0 spiro atoms. The van der Waals surface area contributed by atoms with Crippen molar-refractivity contribution in [2.75, 3.05) is 0 Å². The largest absolute Gasteiger partial charge is 0.478 e. The van der Waals surface area contributed by atoms with Gasteiger partial charge in [-0.3, -0.25) is 4.98 Å². The summed E-state index contributed by atoms with van der Waals surface area (Å²) in [4.78, 5) is 13.9. The minimum Gasteiger partial charge on any atom is -0.478 e. The number of hydrogen-bond acceptors (Lipinski definition) is 2. The lowest BCUT2D eigenvalue weighted by Crippen LogP contribution is -2.10. The molecule has 0 aliphatic rings. The second-order valence-electron chi connectivity index (χ2n) is 2.59. The monoisotopic (exact) mass is 239 g/mol. The minimum absolute atomic E-state index is 0.363. The number of carbonyl (C=O) groups is 1. The van der Waals surface area contributed by atoms with Gasteiger partial charge in [-0.1, -0.05) is 0 Å². The third-order valence-electron chi connectivity index (χ3n) is 1.70. The standard InChI is InChI=1S/C8H5ClF3NO2/c9-1-4-6(10)5(8(14)15)3(2-13-4)7(11)12/h2,7H,1H2,(H,14,15). The van der Waals surface area contributed by atoms with Crippen LogP contribution in [0.25, 0.3) is 0 Å². The Morgan fingerprint density at radius 3 is 2.60 bits per heavy atom.